The molecular formula is C22H23N3O6S2. The Kier molecular flexibility index (Phi) is 6.43. The fraction of sp³-hybridized carbons (Fsp3) is 0.273. The zero-order chi connectivity index (χ0) is 23.6. The van der Waals surface area contributed by atoms with Crippen molar-refractivity contribution in [3.05, 3.63) is 46.7 Å². The van der Waals surface area contributed by atoms with E-state index in [9.17, 15) is 13.2 Å². The predicted molar refractivity (Wildman–Crippen MR) is 126 cm³/mol. The van der Waals surface area contributed by atoms with Crippen LogP contribution in [0.2, 0.25) is 0 Å². The summed E-state index contributed by atoms with van der Waals surface area (Å²) in [6.07, 6.45) is 5.16. The Balaban J connectivity index is 1.49. The number of nitrogens with one attached hydrogen (secondary N) is 2. The SMILES string of the molecule is COc1ccc(NS(=O)(=O)c2ccc(C=Cc3onc(C)c3NC(=O)C3CC3)s2)cc1OC. The zero-order valence-corrected chi connectivity index (χ0v) is 19.9. The van der Waals surface area contributed by atoms with Crippen LogP contribution in [-0.2, 0) is 14.8 Å². The van der Waals surface area contributed by atoms with Crippen molar-refractivity contribution in [2.45, 2.75) is 24.0 Å². The summed E-state index contributed by atoms with van der Waals surface area (Å²) in [4.78, 5) is 12.8. The second-order valence-corrected chi connectivity index (χ2v) is 10.5. The normalized spacial score (nSPS) is 13.8. The molecule has 0 saturated heterocycles. The molecule has 2 N–H and O–H groups in total. The standard InChI is InChI=1S/C22H23N3O6S2/c1-13-21(23-22(26)14-4-5-14)18(31-24-13)10-7-16-8-11-20(32-16)33(27,28)25-15-6-9-17(29-2)19(12-15)30-3/h6-12,14,25H,4-5H2,1-3H3,(H,23,26). The van der Waals surface area contributed by atoms with Crippen molar-refractivity contribution >= 4 is 50.8 Å². The number of thiophene rings is 1. The topological polar surface area (TPSA) is 120 Å². The van der Waals surface area contributed by atoms with E-state index in [0.29, 0.717) is 39.2 Å². The van der Waals surface area contributed by atoms with E-state index in [4.69, 9.17) is 14.0 Å². The van der Waals surface area contributed by atoms with Gasteiger partial charge in [-0.25, -0.2) is 8.42 Å². The number of benzene rings is 1. The van der Waals surface area contributed by atoms with Crippen LogP contribution in [0, 0.1) is 12.8 Å². The Morgan fingerprint density at radius 1 is 1.15 bits per heavy atom. The molecular weight excluding hydrogens is 466 g/mol. The minimum absolute atomic E-state index is 0.0401. The van der Waals surface area contributed by atoms with Gasteiger partial charge in [-0.1, -0.05) is 5.16 Å². The van der Waals surface area contributed by atoms with Gasteiger partial charge in [0, 0.05) is 16.9 Å². The summed E-state index contributed by atoms with van der Waals surface area (Å²) >= 11 is 1.09. The smallest absolute Gasteiger partial charge is 0.271 e. The molecule has 9 nitrogen and oxygen atoms in total. The summed E-state index contributed by atoms with van der Waals surface area (Å²) < 4.78 is 44.0. The number of anilines is 2. The molecule has 1 fully saturated rings. The molecule has 1 amide bonds. The largest absolute Gasteiger partial charge is 0.493 e. The molecule has 1 aliphatic carbocycles. The van der Waals surface area contributed by atoms with Crippen molar-refractivity contribution in [3.63, 3.8) is 0 Å². The molecule has 2 heterocycles. The van der Waals surface area contributed by atoms with Gasteiger partial charge in [0.2, 0.25) is 5.91 Å². The van der Waals surface area contributed by atoms with E-state index in [1.165, 1.54) is 20.3 Å². The third kappa shape index (κ3) is 5.20. The van der Waals surface area contributed by atoms with Crippen molar-refractivity contribution in [1.29, 1.82) is 0 Å². The number of hydrogen-bond acceptors (Lipinski definition) is 8. The molecule has 11 heteroatoms. The van der Waals surface area contributed by atoms with Crippen molar-refractivity contribution in [1.82, 2.24) is 5.16 Å². The number of sulfonamides is 1. The first-order valence-electron chi connectivity index (χ1n) is 10.1. The van der Waals surface area contributed by atoms with Crippen molar-refractivity contribution in [3.8, 4) is 11.5 Å². The van der Waals surface area contributed by atoms with Crippen molar-refractivity contribution < 1.29 is 27.2 Å². The summed E-state index contributed by atoms with van der Waals surface area (Å²) in [5.74, 6) is 1.34. The molecule has 1 aromatic carbocycles. The Morgan fingerprint density at radius 3 is 2.61 bits per heavy atom. The molecule has 1 saturated carbocycles. The van der Waals surface area contributed by atoms with Crippen LogP contribution < -0.4 is 19.5 Å². The molecule has 174 valence electrons. The van der Waals surface area contributed by atoms with Gasteiger partial charge in [-0.2, -0.15) is 0 Å². The van der Waals surface area contributed by atoms with E-state index < -0.39 is 10.0 Å². The van der Waals surface area contributed by atoms with Crippen LogP contribution in [0.15, 0.2) is 39.1 Å². The lowest BCUT2D eigenvalue weighted by Crippen LogP contribution is -2.14. The van der Waals surface area contributed by atoms with Gasteiger partial charge >= 0.3 is 0 Å². The first-order valence-corrected chi connectivity index (χ1v) is 12.4. The maximum absolute atomic E-state index is 12.8. The minimum atomic E-state index is -3.80. The maximum atomic E-state index is 12.8. The van der Waals surface area contributed by atoms with Gasteiger partial charge < -0.3 is 19.3 Å². The number of ether oxygens (including phenoxy) is 2. The van der Waals surface area contributed by atoms with Gasteiger partial charge in [0.1, 0.15) is 15.6 Å². The number of carbonyl (C=O) groups excluding carboxylic acids is 1. The lowest BCUT2D eigenvalue weighted by molar-refractivity contribution is -0.117. The quantitative estimate of drug-likeness (QED) is 0.458. The number of aryl methyl sites for hydroxylation is 1. The van der Waals surface area contributed by atoms with E-state index in [-0.39, 0.29) is 16.0 Å². The fourth-order valence-electron chi connectivity index (χ4n) is 3.06. The fourth-order valence-corrected chi connectivity index (χ4v) is 5.33. The van der Waals surface area contributed by atoms with Crippen LogP contribution in [0.3, 0.4) is 0 Å². The first-order chi connectivity index (χ1) is 15.8. The molecule has 2 aromatic heterocycles. The Hall–Kier alpha value is -3.31. The Labute approximate surface area is 195 Å². The number of carbonyl (C=O) groups is 1. The van der Waals surface area contributed by atoms with Gasteiger partial charge in [0.15, 0.2) is 17.3 Å². The zero-order valence-electron chi connectivity index (χ0n) is 18.2. The highest BCUT2D eigenvalue weighted by molar-refractivity contribution is 7.94. The van der Waals surface area contributed by atoms with Gasteiger partial charge in [-0.05, 0) is 56.2 Å². The van der Waals surface area contributed by atoms with E-state index in [2.05, 4.69) is 15.2 Å². The van der Waals surface area contributed by atoms with E-state index in [1.807, 2.05) is 0 Å². The average Bonchev–Trinajstić information content (AvgIpc) is 3.44. The van der Waals surface area contributed by atoms with E-state index in [0.717, 1.165) is 24.2 Å². The third-order valence-electron chi connectivity index (χ3n) is 4.99. The van der Waals surface area contributed by atoms with Gasteiger partial charge in [0.25, 0.3) is 10.0 Å². The highest BCUT2D eigenvalue weighted by atomic mass is 32.2. The summed E-state index contributed by atoms with van der Waals surface area (Å²) in [5.41, 5.74) is 1.46. The molecule has 0 unspecified atom stereocenters. The molecule has 33 heavy (non-hydrogen) atoms. The molecule has 0 atom stereocenters. The van der Waals surface area contributed by atoms with Crippen LogP contribution in [0.4, 0.5) is 11.4 Å². The lowest BCUT2D eigenvalue weighted by Gasteiger charge is -2.11. The number of methoxy groups -OCH3 is 2. The summed E-state index contributed by atoms with van der Waals surface area (Å²) in [7, 11) is -0.812. The molecule has 0 spiro atoms. The summed E-state index contributed by atoms with van der Waals surface area (Å²) in [5, 5.41) is 6.78. The van der Waals surface area contributed by atoms with Crippen molar-refractivity contribution in [2.24, 2.45) is 5.92 Å². The van der Waals surface area contributed by atoms with E-state index in [1.54, 1.807) is 43.3 Å². The van der Waals surface area contributed by atoms with Crippen LogP contribution in [0.1, 0.15) is 29.2 Å². The van der Waals surface area contributed by atoms with Crippen molar-refractivity contribution in [2.75, 3.05) is 24.3 Å². The number of nitrogens with zero attached hydrogens (tertiary/aromatic N) is 1. The lowest BCUT2D eigenvalue weighted by atomic mass is 10.2. The second kappa shape index (κ2) is 9.28. The summed E-state index contributed by atoms with van der Waals surface area (Å²) in [6, 6.07) is 7.98. The Bertz CT molecular complexity index is 1310. The number of rotatable bonds is 9. The van der Waals surface area contributed by atoms with Crippen LogP contribution >= 0.6 is 11.3 Å². The number of hydrogen-bond donors (Lipinski definition) is 2. The predicted octanol–water partition coefficient (Wildman–Crippen LogP) is 4.38. The maximum Gasteiger partial charge on any atom is 0.271 e. The van der Waals surface area contributed by atoms with Gasteiger partial charge in [0.05, 0.1) is 19.9 Å². The number of amides is 1. The highest BCUT2D eigenvalue weighted by Crippen LogP contribution is 2.33. The summed E-state index contributed by atoms with van der Waals surface area (Å²) in [6.45, 7) is 1.75. The van der Waals surface area contributed by atoms with E-state index >= 15 is 0 Å². The average molecular weight is 490 g/mol. The third-order valence-corrected chi connectivity index (χ3v) is 7.91. The van der Waals surface area contributed by atoms with Crippen LogP contribution in [0.25, 0.3) is 12.2 Å². The molecule has 0 aliphatic heterocycles. The Morgan fingerprint density at radius 2 is 1.91 bits per heavy atom. The molecule has 1 aliphatic rings. The monoisotopic (exact) mass is 489 g/mol. The first kappa shape index (κ1) is 22.9. The van der Waals surface area contributed by atoms with Gasteiger partial charge in [-0.3, -0.25) is 9.52 Å². The van der Waals surface area contributed by atoms with Crippen LogP contribution in [-0.4, -0.2) is 33.7 Å². The molecule has 0 bridgehead atoms. The second-order valence-electron chi connectivity index (χ2n) is 7.44. The molecule has 3 aromatic rings. The van der Waals surface area contributed by atoms with Crippen LogP contribution in [0.5, 0.6) is 11.5 Å². The number of aromatic nitrogens is 1. The molecule has 4 rings (SSSR count). The minimum Gasteiger partial charge on any atom is -0.493 e. The molecule has 0 radical (unpaired) electrons. The van der Waals surface area contributed by atoms with Gasteiger partial charge in [-0.15, -0.1) is 11.3 Å². The highest BCUT2D eigenvalue weighted by Gasteiger charge is 2.30.